The number of carbonyl (C=O) groups is 2. The van der Waals surface area contributed by atoms with Crippen molar-refractivity contribution < 1.29 is 9.59 Å². The van der Waals surface area contributed by atoms with Crippen molar-refractivity contribution in [2.45, 2.75) is 25.4 Å². The van der Waals surface area contributed by atoms with E-state index in [0.29, 0.717) is 0 Å². The highest BCUT2D eigenvalue weighted by Crippen LogP contribution is 2.09. The van der Waals surface area contributed by atoms with Gasteiger partial charge in [0.1, 0.15) is 0 Å². The van der Waals surface area contributed by atoms with Crippen molar-refractivity contribution in [3.05, 3.63) is 30.1 Å². The van der Waals surface area contributed by atoms with Crippen LogP contribution in [0.3, 0.4) is 0 Å². The lowest BCUT2D eigenvalue weighted by atomic mass is 10.1. The maximum absolute atomic E-state index is 11.6. The summed E-state index contributed by atoms with van der Waals surface area (Å²) in [4.78, 5) is 26.2. The lowest BCUT2D eigenvalue weighted by molar-refractivity contribution is -0.126. The highest BCUT2D eigenvalue weighted by molar-refractivity contribution is 5.87. The highest BCUT2D eigenvalue weighted by Gasteiger charge is 2.18. The summed E-state index contributed by atoms with van der Waals surface area (Å²) in [5, 5.41) is 2.69. The number of pyridine rings is 1. The molecule has 0 bridgehead atoms. The second-order valence-corrected chi connectivity index (χ2v) is 3.79. The van der Waals surface area contributed by atoms with Crippen LogP contribution in [0.15, 0.2) is 24.5 Å². The van der Waals surface area contributed by atoms with Gasteiger partial charge in [-0.2, -0.15) is 0 Å². The molecule has 0 aliphatic heterocycles. The Morgan fingerprint density at radius 1 is 1.53 bits per heavy atom. The molecular weight excluding hydrogens is 220 g/mol. The summed E-state index contributed by atoms with van der Waals surface area (Å²) in [6.07, 6.45) is 3.15. The van der Waals surface area contributed by atoms with Crippen LogP contribution < -0.4 is 16.8 Å². The lowest BCUT2D eigenvalue weighted by Gasteiger charge is -2.16. The van der Waals surface area contributed by atoms with Gasteiger partial charge in [0, 0.05) is 12.4 Å². The molecule has 1 aromatic rings. The number of aromatic nitrogens is 1. The van der Waals surface area contributed by atoms with Gasteiger partial charge in [0.05, 0.1) is 18.5 Å². The van der Waals surface area contributed by atoms with Crippen molar-refractivity contribution in [2.75, 3.05) is 0 Å². The second kappa shape index (κ2) is 5.95. The van der Waals surface area contributed by atoms with Crippen LogP contribution in [0.25, 0.3) is 0 Å². The van der Waals surface area contributed by atoms with Crippen molar-refractivity contribution in [1.82, 2.24) is 10.3 Å². The quantitative estimate of drug-likeness (QED) is 0.637. The Morgan fingerprint density at radius 3 is 2.76 bits per heavy atom. The van der Waals surface area contributed by atoms with Gasteiger partial charge in [-0.15, -0.1) is 0 Å². The van der Waals surface area contributed by atoms with Crippen molar-refractivity contribution in [3.63, 3.8) is 0 Å². The Hall–Kier alpha value is -1.95. The molecule has 0 spiro atoms. The summed E-state index contributed by atoms with van der Waals surface area (Å²) in [6.45, 7) is 1.81. The van der Waals surface area contributed by atoms with E-state index in [4.69, 9.17) is 11.5 Å². The minimum Gasteiger partial charge on any atom is -0.370 e. The van der Waals surface area contributed by atoms with Gasteiger partial charge in [-0.1, -0.05) is 6.07 Å². The number of hydrogen-bond acceptors (Lipinski definition) is 4. The Bertz CT molecular complexity index is 394. The molecule has 92 valence electrons. The molecule has 1 aromatic heterocycles. The van der Waals surface area contributed by atoms with Crippen LogP contribution in [0.4, 0.5) is 0 Å². The number of nitrogens with two attached hydrogens (primary N) is 2. The van der Waals surface area contributed by atoms with Crippen LogP contribution in [-0.2, 0) is 9.59 Å². The Labute approximate surface area is 99.4 Å². The van der Waals surface area contributed by atoms with E-state index in [1.807, 2.05) is 13.0 Å². The standard InChI is InChI=1S/C11H16N4O2/c1-7(8-3-2-4-14-6-8)15-11(17)9(12)5-10(13)16/h2-4,6-7,9H,5,12H2,1H3,(H2,13,16)(H,15,17)/t7-,9?/m1/s1. The van der Waals surface area contributed by atoms with E-state index in [0.717, 1.165) is 5.56 Å². The summed E-state index contributed by atoms with van der Waals surface area (Å²) < 4.78 is 0. The molecule has 6 heteroatoms. The molecule has 0 aliphatic carbocycles. The number of nitrogens with one attached hydrogen (secondary N) is 1. The molecule has 6 nitrogen and oxygen atoms in total. The molecule has 1 unspecified atom stereocenters. The topological polar surface area (TPSA) is 111 Å². The van der Waals surface area contributed by atoms with Crippen molar-refractivity contribution >= 4 is 11.8 Å². The zero-order chi connectivity index (χ0) is 12.8. The van der Waals surface area contributed by atoms with E-state index < -0.39 is 17.9 Å². The fourth-order valence-electron chi connectivity index (χ4n) is 1.35. The Balaban J connectivity index is 2.54. The molecule has 17 heavy (non-hydrogen) atoms. The third kappa shape index (κ3) is 4.20. The minimum atomic E-state index is -0.911. The summed E-state index contributed by atoms with van der Waals surface area (Å²) >= 11 is 0. The average molecular weight is 236 g/mol. The maximum Gasteiger partial charge on any atom is 0.237 e. The number of nitrogens with zero attached hydrogens (tertiary/aromatic N) is 1. The van der Waals surface area contributed by atoms with Gasteiger partial charge >= 0.3 is 0 Å². The third-order valence-electron chi connectivity index (χ3n) is 2.30. The van der Waals surface area contributed by atoms with E-state index in [-0.39, 0.29) is 12.5 Å². The van der Waals surface area contributed by atoms with Crippen molar-refractivity contribution in [2.24, 2.45) is 11.5 Å². The van der Waals surface area contributed by atoms with Crippen LogP contribution in [0.1, 0.15) is 24.9 Å². The predicted molar refractivity (Wildman–Crippen MR) is 62.6 cm³/mol. The van der Waals surface area contributed by atoms with Crippen LogP contribution in [0, 0.1) is 0 Å². The number of hydrogen-bond donors (Lipinski definition) is 3. The predicted octanol–water partition coefficient (Wildman–Crippen LogP) is -0.538. The van der Waals surface area contributed by atoms with E-state index in [9.17, 15) is 9.59 Å². The van der Waals surface area contributed by atoms with Gasteiger partial charge < -0.3 is 16.8 Å². The molecule has 0 fully saturated rings. The molecular formula is C11H16N4O2. The molecule has 2 atom stereocenters. The first-order valence-corrected chi connectivity index (χ1v) is 5.25. The normalized spacial score (nSPS) is 13.8. The van der Waals surface area contributed by atoms with Gasteiger partial charge in [-0.3, -0.25) is 14.6 Å². The van der Waals surface area contributed by atoms with Crippen LogP contribution in [0.5, 0.6) is 0 Å². The number of primary amides is 1. The largest absolute Gasteiger partial charge is 0.370 e. The molecule has 1 rings (SSSR count). The molecule has 5 N–H and O–H groups in total. The Kier molecular flexibility index (Phi) is 4.59. The van der Waals surface area contributed by atoms with E-state index in [1.165, 1.54) is 0 Å². The monoisotopic (exact) mass is 236 g/mol. The fraction of sp³-hybridized carbons (Fsp3) is 0.364. The van der Waals surface area contributed by atoms with Crippen molar-refractivity contribution in [1.29, 1.82) is 0 Å². The van der Waals surface area contributed by atoms with Gasteiger partial charge in [0.2, 0.25) is 11.8 Å². The van der Waals surface area contributed by atoms with Gasteiger partial charge in [0.25, 0.3) is 0 Å². The molecule has 0 aromatic carbocycles. The summed E-state index contributed by atoms with van der Waals surface area (Å²) in [5.74, 6) is -0.998. The van der Waals surface area contributed by atoms with Crippen LogP contribution in [0.2, 0.25) is 0 Å². The summed E-state index contributed by atoms with van der Waals surface area (Å²) in [6, 6.07) is 2.50. The number of carbonyl (C=O) groups excluding carboxylic acids is 2. The molecule has 0 saturated heterocycles. The minimum absolute atomic E-state index is 0.161. The highest BCUT2D eigenvalue weighted by atomic mass is 16.2. The summed E-state index contributed by atoms with van der Waals surface area (Å²) in [7, 11) is 0. The number of amides is 2. The van der Waals surface area contributed by atoms with E-state index >= 15 is 0 Å². The van der Waals surface area contributed by atoms with Gasteiger partial charge in [0.15, 0.2) is 0 Å². The van der Waals surface area contributed by atoms with Crippen LogP contribution >= 0.6 is 0 Å². The smallest absolute Gasteiger partial charge is 0.237 e. The first-order chi connectivity index (χ1) is 8.00. The lowest BCUT2D eigenvalue weighted by Crippen LogP contribution is -2.43. The first kappa shape index (κ1) is 13.1. The van der Waals surface area contributed by atoms with Crippen LogP contribution in [-0.4, -0.2) is 22.8 Å². The SMILES string of the molecule is C[C@@H](NC(=O)C(N)CC(N)=O)c1cccnc1. The molecule has 2 amide bonds. The molecule has 0 saturated carbocycles. The molecule has 0 aliphatic rings. The zero-order valence-corrected chi connectivity index (χ0v) is 9.59. The van der Waals surface area contributed by atoms with Gasteiger partial charge in [-0.05, 0) is 18.6 Å². The Morgan fingerprint density at radius 2 is 2.24 bits per heavy atom. The maximum atomic E-state index is 11.6. The van der Waals surface area contributed by atoms with E-state index in [1.54, 1.807) is 18.5 Å². The number of rotatable bonds is 5. The average Bonchev–Trinajstić information content (AvgIpc) is 2.29. The zero-order valence-electron chi connectivity index (χ0n) is 9.59. The molecule has 0 radical (unpaired) electrons. The molecule has 1 heterocycles. The summed E-state index contributed by atoms with van der Waals surface area (Å²) in [5.41, 5.74) is 11.3. The first-order valence-electron chi connectivity index (χ1n) is 5.25. The second-order valence-electron chi connectivity index (χ2n) is 3.79. The third-order valence-corrected chi connectivity index (χ3v) is 2.30. The van der Waals surface area contributed by atoms with Crippen molar-refractivity contribution in [3.8, 4) is 0 Å². The van der Waals surface area contributed by atoms with Gasteiger partial charge in [-0.25, -0.2) is 0 Å². The van der Waals surface area contributed by atoms with E-state index in [2.05, 4.69) is 10.3 Å². The fourth-order valence-corrected chi connectivity index (χ4v) is 1.35.